The number of rotatable bonds is 11. The van der Waals surface area contributed by atoms with Crippen molar-refractivity contribution in [1.29, 1.82) is 0 Å². The average Bonchev–Trinajstić information content (AvgIpc) is 2.87. The third-order valence-electron chi connectivity index (χ3n) is 5.71. The molecule has 0 unspecified atom stereocenters. The summed E-state index contributed by atoms with van der Waals surface area (Å²) in [7, 11) is 0. The van der Waals surface area contributed by atoms with E-state index in [0.29, 0.717) is 18.0 Å². The van der Waals surface area contributed by atoms with Crippen molar-refractivity contribution in [2.24, 2.45) is 0 Å². The van der Waals surface area contributed by atoms with Gasteiger partial charge in [0, 0.05) is 33.4 Å². The second kappa shape index (κ2) is 13.7. The molecule has 0 heterocycles. The molecule has 0 aliphatic rings. The predicted octanol–water partition coefficient (Wildman–Crippen LogP) is 6.75. The highest BCUT2D eigenvalue weighted by Crippen LogP contribution is 2.23. The standard InChI is InChI=1S/C28H30BrClN2O2S/c1-3-20(2)31-28(34)26(17-21-7-5-4-6-8-21)32(18-22-9-11-23(29)12-10-22)27(33)19-35-25-15-13-24(30)14-16-25/h4-16,20,26H,3,17-19H2,1-2H3,(H,31,34)/t20-,26+/m1/s1. The van der Waals surface area contributed by atoms with Gasteiger partial charge < -0.3 is 10.2 Å². The minimum absolute atomic E-state index is 0.0221. The Bertz CT molecular complexity index is 1090. The number of amides is 2. The number of hydrogen-bond donors (Lipinski definition) is 1. The van der Waals surface area contributed by atoms with Gasteiger partial charge in [0.15, 0.2) is 0 Å². The van der Waals surface area contributed by atoms with Gasteiger partial charge in [0.1, 0.15) is 6.04 Å². The van der Waals surface area contributed by atoms with Crippen molar-refractivity contribution in [1.82, 2.24) is 10.2 Å². The van der Waals surface area contributed by atoms with Crippen molar-refractivity contribution in [2.45, 2.75) is 50.2 Å². The molecule has 0 saturated carbocycles. The molecule has 0 spiro atoms. The van der Waals surface area contributed by atoms with Crippen molar-refractivity contribution < 1.29 is 9.59 Å². The van der Waals surface area contributed by atoms with Crippen molar-refractivity contribution in [2.75, 3.05) is 5.75 Å². The normalized spacial score (nSPS) is 12.6. The van der Waals surface area contributed by atoms with Crippen LogP contribution in [0.5, 0.6) is 0 Å². The van der Waals surface area contributed by atoms with Crippen LogP contribution in [0, 0.1) is 0 Å². The van der Waals surface area contributed by atoms with Gasteiger partial charge in [-0.3, -0.25) is 9.59 Å². The smallest absolute Gasteiger partial charge is 0.243 e. The van der Waals surface area contributed by atoms with Crippen LogP contribution in [0.2, 0.25) is 5.02 Å². The first-order valence-corrected chi connectivity index (χ1v) is 13.8. The fraction of sp³-hybridized carbons (Fsp3) is 0.286. The van der Waals surface area contributed by atoms with E-state index < -0.39 is 6.04 Å². The number of benzene rings is 3. The average molecular weight is 574 g/mol. The van der Waals surface area contributed by atoms with Gasteiger partial charge >= 0.3 is 0 Å². The molecule has 2 amide bonds. The number of hydrogen-bond acceptors (Lipinski definition) is 3. The first-order chi connectivity index (χ1) is 16.9. The van der Waals surface area contributed by atoms with Gasteiger partial charge in [0.2, 0.25) is 11.8 Å². The summed E-state index contributed by atoms with van der Waals surface area (Å²) >= 11 is 10.9. The van der Waals surface area contributed by atoms with E-state index in [9.17, 15) is 9.59 Å². The maximum Gasteiger partial charge on any atom is 0.243 e. The summed E-state index contributed by atoms with van der Waals surface area (Å²) in [6, 6.07) is 24.5. The van der Waals surface area contributed by atoms with Gasteiger partial charge in [-0.25, -0.2) is 0 Å². The van der Waals surface area contributed by atoms with E-state index in [-0.39, 0.29) is 23.6 Å². The summed E-state index contributed by atoms with van der Waals surface area (Å²) in [6.45, 7) is 4.36. The van der Waals surface area contributed by atoms with Crippen LogP contribution in [0.15, 0.2) is 88.2 Å². The van der Waals surface area contributed by atoms with Gasteiger partial charge in [-0.05, 0) is 60.9 Å². The monoisotopic (exact) mass is 572 g/mol. The highest BCUT2D eigenvalue weighted by molar-refractivity contribution is 9.10. The molecular weight excluding hydrogens is 544 g/mol. The minimum atomic E-state index is -0.631. The van der Waals surface area contributed by atoms with Gasteiger partial charge in [0.25, 0.3) is 0 Å². The van der Waals surface area contributed by atoms with Crippen LogP contribution >= 0.6 is 39.3 Å². The molecule has 7 heteroatoms. The number of nitrogens with zero attached hydrogens (tertiary/aromatic N) is 1. The SMILES string of the molecule is CC[C@@H](C)NC(=O)[C@H](Cc1ccccc1)N(Cc1ccc(Br)cc1)C(=O)CSc1ccc(Cl)cc1. The van der Waals surface area contributed by atoms with E-state index in [1.807, 2.05) is 92.7 Å². The number of nitrogens with one attached hydrogen (secondary N) is 1. The fourth-order valence-electron chi connectivity index (χ4n) is 3.54. The Kier molecular flexibility index (Phi) is 10.7. The van der Waals surface area contributed by atoms with Crippen LogP contribution in [0.25, 0.3) is 0 Å². The van der Waals surface area contributed by atoms with E-state index in [0.717, 1.165) is 26.9 Å². The molecule has 0 radical (unpaired) electrons. The maximum atomic E-state index is 13.6. The Balaban J connectivity index is 1.89. The van der Waals surface area contributed by atoms with Gasteiger partial charge in [0.05, 0.1) is 5.75 Å². The number of carbonyl (C=O) groups excluding carboxylic acids is 2. The van der Waals surface area contributed by atoms with Crippen molar-refractivity contribution in [3.8, 4) is 0 Å². The zero-order chi connectivity index (χ0) is 25.2. The molecule has 0 aliphatic heterocycles. The van der Waals surface area contributed by atoms with Crippen molar-refractivity contribution in [3.05, 3.63) is 99.5 Å². The fourth-order valence-corrected chi connectivity index (χ4v) is 4.72. The second-order valence-electron chi connectivity index (χ2n) is 8.41. The third-order valence-corrected chi connectivity index (χ3v) is 7.49. The Morgan fingerprint density at radius 2 is 1.63 bits per heavy atom. The second-order valence-corrected chi connectivity index (χ2v) is 10.8. The molecule has 35 heavy (non-hydrogen) atoms. The topological polar surface area (TPSA) is 49.4 Å². The summed E-state index contributed by atoms with van der Waals surface area (Å²) < 4.78 is 0.966. The lowest BCUT2D eigenvalue weighted by molar-refractivity contribution is -0.139. The molecule has 0 bridgehead atoms. The Labute approximate surface area is 225 Å². The van der Waals surface area contributed by atoms with Crippen LogP contribution < -0.4 is 5.32 Å². The molecule has 4 nitrogen and oxygen atoms in total. The van der Waals surface area contributed by atoms with Crippen LogP contribution in [-0.2, 0) is 22.6 Å². The number of carbonyl (C=O) groups is 2. The van der Waals surface area contributed by atoms with E-state index in [4.69, 9.17) is 11.6 Å². The first-order valence-electron chi connectivity index (χ1n) is 11.6. The summed E-state index contributed by atoms with van der Waals surface area (Å²) in [5, 5.41) is 3.75. The highest BCUT2D eigenvalue weighted by atomic mass is 79.9. The van der Waals surface area contributed by atoms with E-state index in [2.05, 4.69) is 21.2 Å². The minimum Gasteiger partial charge on any atom is -0.352 e. The molecule has 1 N–H and O–H groups in total. The zero-order valence-corrected chi connectivity index (χ0v) is 23.1. The predicted molar refractivity (Wildman–Crippen MR) is 149 cm³/mol. The molecule has 3 rings (SSSR count). The van der Waals surface area contributed by atoms with E-state index in [1.165, 1.54) is 11.8 Å². The van der Waals surface area contributed by atoms with E-state index >= 15 is 0 Å². The summed E-state index contributed by atoms with van der Waals surface area (Å²) in [5.41, 5.74) is 1.98. The lowest BCUT2D eigenvalue weighted by Crippen LogP contribution is -2.52. The molecule has 184 valence electrons. The zero-order valence-electron chi connectivity index (χ0n) is 19.9. The summed E-state index contributed by atoms with van der Waals surface area (Å²) in [5.74, 6) is -0.00155. The molecule has 2 atom stereocenters. The maximum absolute atomic E-state index is 13.6. The highest BCUT2D eigenvalue weighted by Gasteiger charge is 2.31. The van der Waals surface area contributed by atoms with Crippen molar-refractivity contribution in [3.63, 3.8) is 0 Å². The molecule has 0 aliphatic carbocycles. The first kappa shape index (κ1) is 27.3. The Morgan fingerprint density at radius 3 is 2.26 bits per heavy atom. The van der Waals surface area contributed by atoms with Gasteiger partial charge in [-0.2, -0.15) is 0 Å². The Morgan fingerprint density at radius 1 is 0.971 bits per heavy atom. The van der Waals surface area contributed by atoms with E-state index in [1.54, 1.807) is 4.90 Å². The molecule has 3 aromatic rings. The van der Waals surface area contributed by atoms with Crippen molar-refractivity contribution >= 4 is 51.1 Å². The summed E-state index contributed by atoms with van der Waals surface area (Å²) in [4.78, 5) is 29.8. The summed E-state index contributed by atoms with van der Waals surface area (Å²) in [6.07, 6.45) is 1.26. The van der Waals surface area contributed by atoms with Crippen LogP contribution in [0.1, 0.15) is 31.4 Å². The van der Waals surface area contributed by atoms with Crippen LogP contribution in [-0.4, -0.2) is 34.6 Å². The molecule has 0 aromatic heterocycles. The third kappa shape index (κ3) is 8.71. The molecular formula is C28H30BrClN2O2S. The number of thioether (sulfide) groups is 1. The largest absolute Gasteiger partial charge is 0.352 e. The van der Waals surface area contributed by atoms with Gasteiger partial charge in [-0.1, -0.05) is 76.9 Å². The Hall–Kier alpha value is -2.28. The lowest BCUT2D eigenvalue weighted by Gasteiger charge is -2.32. The quantitative estimate of drug-likeness (QED) is 0.258. The molecule has 0 saturated heterocycles. The molecule has 3 aromatic carbocycles. The number of halogens is 2. The van der Waals surface area contributed by atoms with Gasteiger partial charge in [-0.15, -0.1) is 11.8 Å². The van der Waals surface area contributed by atoms with Crippen LogP contribution in [0.3, 0.4) is 0 Å². The lowest BCUT2D eigenvalue weighted by atomic mass is 10.0. The molecule has 0 fully saturated rings. The van der Waals surface area contributed by atoms with Crippen LogP contribution in [0.4, 0.5) is 0 Å².